The normalized spacial score (nSPS) is 11.5. The first-order valence-electron chi connectivity index (χ1n) is 5.17. The van der Waals surface area contributed by atoms with Crippen molar-refractivity contribution in [3.63, 3.8) is 0 Å². The SMILES string of the molecule is C[Si](C)(C)c1ccc(CCC(=O)Cl)cc1. The maximum absolute atomic E-state index is 10.6. The van der Waals surface area contributed by atoms with Gasteiger partial charge in [0.2, 0.25) is 5.24 Å². The minimum Gasteiger partial charge on any atom is -0.281 e. The molecule has 1 aromatic carbocycles. The summed E-state index contributed by atoms with van der Waals surface area (Å²) < 4.78 is 0. The van der Waals surface area contributed by atoms with Gasteiger partial charge in [0.05, 0.1) is 8.07 Å². The number of hydrogen-bond donors (Lipinski definition) is 0. The predicted octanol–water partition coefficient (Wildman–Crippen LogP) is 2.93. The topological polar surface area (TPSA) is 17.1 Å². The quantitative estimate of drug-likeness (QED) is 0.584. The lowest BCUT2D eigenvalue weighted by molar-refractivity contribution is -0.111. The van der Waals surface area contributed by atoms with Crippen LogP contribution in [0.1, 0.15) is 12.0 Å². The van der Waals surface area contributed by atoms with Gasteiger partial charge in [-0.15, -0.1) is 0 Å². The number of rotatable bonds is 4. The van der Waals surface area contributed by atoms with E-state index in [4.69, 9.17) is 11.6 Å². The molecular formula is C12H17ClOSi. The number of carbonyl (C=O) groups excluding carboxylic acids is 1. The minimum atomic E-state index is -1.19. The average Bonchev–Trinajstić information content (AvgIpc) is 2.14. The average molecular weight is 241 g/mol. The first-order chi connectivity index (χ1) is 6.89. The number of hydrogen-bond acceptors (Lipinski definition) is 1. The summed E-state index contributed by atoms with van der Waals surface area (Å²) in [7, 11) is -1.19. The molecule has 0 aliphatic carbocycles. The van der Waals surface area contributed by atoms with Crippen molar-refractivity contribution in [2.24, 2.45) is 0 Å². The molecule has 0 N–H and O–H groups in total. The van der Waals surface area contributed by atoms with Crippen molar-refractivity contribution in [2.45, 2.75) is 32.5 Å². The van der Waals surface area contributed by atoms with E-state index in [1.807, 2.05) is 0 Å². The molecule has 0 heterocycles. The molecule has 0 saturated heterocycles. The number of carbonyl (C=O) groups is 1. The highest BCUT2D eigenvalue weighted by molar-refractivity contribution is 6.88. The van der Waals surface area contributed by atoms with Gasteiger partial charge in [-0.1, -0.05) is 49.1 Å². The van der Waals surface area contributed by atoms with Crippen LogP contribution in [0.15, 0.2) is 24.3 Å². The van der Waals surface area contributed by atoms with Gasteiger partial charge in [-0.05, 0) is 23.6 Å². The zero-order chi connectivity index (χ0) is 11.5. The van der Waals surface area contributed by atoms with Gasteiger partial charge < -0.3 is 0 Å². The molecule has 0 aliphatic heterocycles. The molecular weight excluding hydrogens is 224 g/mol. The molecule has 0 fully saturated rings. The van der Waals surface area contributed by atoms with Crippen LogP contribution in [0, 0.1) is 0 Å². The van der Waals surface area contributed by atoms with Crippen molar-refractivity contribution in [3.8, 4) is 0 Å². The summed E-state index contributed by atoms with van der Waals surface area (Å²) in [6.45, 7) is 6.97. The molecule has 1 nitrogen and oxygen atoms in total. The van der Waals surface area contributed by atoms with E-state index in [0.29, 0.717) is 6.42 Å². The molecule has 0 unspecified atom stereocenters. The van der Waals surface area contributed by atoms with Gasteiger partial charge >= 0.3 is 0 Å². The van der Waals surface area contributed by atoms with Gasteiger partial charge in [-0.2, -0.15) is 0 Å². The Bertz CT molecular complexity index is 338. The molecule has 0 spiro atoms. The summed E-state index contributed by atoms with van der Waals surface area (Å²) in [6.07, 6.45) is 1.17. The highest BCUT2D eigenvalue weighted by Crippen LogP contribution is 2.07. The first-order valence-corrected chi connectivity index (χ1v) is 9.05. The van der Waals surface area contributed by atoms with Crippen LogP contribution in [0.5, 0.6) is 0 Å². The molecule has 0 saturated carbocycles. The molecule has 0 atom stereocenters. The number of benzene rings is 1. The van der Waals surface area contributed by atoms with E-state index in [1.54, 1.807) is 0 Å². The number of halogens is 1. The molecule has 0 aliphatic rings. The van der Waals surface area contributed by atoms with Crippen molar-refractivity contribution < 1.29 is 4.79 Å². The lowest BCUT2D eigenvalue weighted by Crippen LogP contribution is -2.37. The van der Waals surface area contributed by atoms with Gasteiger partial charge in [-0.25, -0.2) is 0 Å². The van der Waals surface area contributed by atoms with Gasteiger partial charge in [0, 0.05) is 6.42 Å². The van der Waals surface area contributed by atoms with Gasteiger partial charge in [0.25, 0.3) is 0 Å². The molecule has 3 heteroatoms. The van der Waals surface area contributed by atoms with Crippen LogP contribution in [0.25, 0.3) is 0 Å². The summed E-state index contributed by atoms with van der Waals surface area (Å²) in [4.78, 5) is 10.6. The Balaban J connectivity index is 2.69. The van der Waals surface area contributed by atoms with E-state index in [2.05, 4.69) is 43.9 Å². The molecule has 1 rings (SSSR count). The van der Waals surface area contributed by atoms with E-state index in [9.17, 15) is 4.79 Å². The van der Waals surface area contributed by atoms with Gasteiger partial charge in [0.15, 0.2) is 0 Å². The van der Waals surface area contributed by atoms with E-state index in [0.717, 1.165) is 6.42 Å². The third kappa shape index (κ3) is 4.18. The highest BCUT2D eigenvalue weighted by atomic mass is 35.5. The Kier molecular flexibility index (Phi) is 4.11. The first kappa shape index (κ1) is 12.5. The second-order valence-corrected chi connectivity index (χ2v) is 10.3. The van der Waals surface area contributed by atoms with Crippen LogP contribution in [0.3, 0.4) is 0 Å². The maximum atomic E-state index is 10.6. The van der Waals surface area contributed by atoms with Gasteiger partial charge in [-0.3, -0.25) is 4.79 Å². The highest BCUT2D eigenvalue weighted by Gasteiger charge is 2.15. The van der Waals surface area contributed by atoms with Crippen LogP contribution < -0.4 is 5.19 Å². The van der Waals surface area contributed by atoms with E-state index >= 15 is 0 Å². The Hall–Kier alpha value is -0.603. The molecule has 0 amide bonds. The van der Waals surface area contributed by atoms with Crippen molar-refractivity contribution in [1.29, 1.82) is 0 Å². The van der Waals surface area contributed by atoms with Crippen LogP contribution >= 0.6 is 11.6 Å². The molecule has 82 valence electrons. The van der Waals surface area contributed by atoms with Gasteiger partial charge in [0.1, 0.15) is 0 Å². The van der Waals surface area contributed by atoms with Crippen molar-refractivity contribution in [2.75, 3.05) is 0 Å². The van der Waals surface area contributed by atoms with Crippen molar-refractivity contribution >= 4 is 30.1 Å². The monoisotopic (exact) mass is 240 g/mol. The Morgan fingerprint density at radius 3 is 2.13 bits per heavy atom. The van der Waals surface area contributed by atoms with E-state index < -0.39 is 8.07 Å². The van der Waals surface area contributed by atoms with Crippen LogP contribution in [0.4, 0.5) is 0 Å². The molecule has 15 heavy (non-hydrogen) atoms. The van der Waals surface area contributed by atoms with Crippen LogP contribution in [0.2, 0.25) is 19.6 Å². The largest absolute Gasteiger partial charge is 0.281 e. The fraction of sp³-hybridized carbons (Fsp3) is 0.417. The van der Waals surface area contributed by atoms with E-state index in [-0.39, 0.29) is 5.24 Å². The summed E-state index contributed by atoms with van der Waals surface area (Å²) in [5, 5.41) is 1.19. The van der Waals surface area contributed by atoms with E-state index in [1.165, 1.54) is 10.8 Å². The minimum absolute atomic E-state index is 0.260. The summed E-state index contributed by atoms with van der Waals surface area (Å²) in [5.74, 6) is 0. The predicted molar refractivity (Wildman–Crippen MR) is 68.6 cm³/mol. The third-order valence-electron chi connectivity index (χ3n) is 2.43. The lowest BCUT2D eigenvalue weighted by atomic mass is 10.1. The zero-order valence-electron chi connectivity index (χ0n) is 9.51. The maximum Gasteiger partial charge on any atom is 0.221 e. The second-order valence-electron chi connectivity index (χ2n) is 4.80. The van der Waals surface area contributed by atoms with Crippen LogP contribution in [-0.4, -0.2) is 13.3 Å². The summed E-state index contributed by atoms with van der Waals surface area (Å²) in [6, 6.07) is 8.57. The summed E-state index contributed by atoms with van der Waals surface area (Å²) >= 11 is 5.30. The molecule has 0 aromatic heterocycles. The standard InChI is InChI=1S/C12H17ClOSi/c1-15(2,3)11-7-4-10(5-8-11)6-9-12(13)14/h4-5,7-8H,6,9H2,1-3H3. The Labute approximate surface area is 97.5 Å². The Morgan fingerprint density at radius 2 is 1.73 bits per heavy atom. The van der Waals surface area contributed by atoms with Crippen LogP contribution in [-0.2, 0) is 11.2 Å². The van der Waals surface area contributed by atoms with Crippen molar-refractivity contribution in [1.82, 2.24) is 0 Å². The zero-order valence-corrected chi connectivity index (χ0v) is 11.3. The fourth-order valence-corrected chi connectivity index (χ4v) is 2.68. The van der Waals surface area contributed by atoms with Crippen molar-refractivity contribution in [3.05, 3.63) is 29.8 Å². The fourth-order valence-electron chi connectivity index (χ4n) is 1.41. The second kappa shape index (κ2) is 4.95. The Morgan fingerprint density at radius 1 is 1.20 bits per heavy atom. The summed E-state index contributed by atoms with van der Waals surface area (Å²) in [5.41, 5.74) is 1.19. The number of aryl methyl sites for hydroxylation is 1. The lowest BCUT2D eigenvalue weighted by Gasteiger charge is -2.16. The molecule has 1 aromatic rings. The third-order valence-corrected chi connectivity index (χ3v) is 4.68. The molecule has 0 radical (unpaired) electrons. The smallest absolute Gasteiger partial charge is 0.221 e. The molecule has 0 bridgehead atoms.